The van der Waals surface area contributed by atoms with E-state index in [1.165, 1.54) is 26.8 Å². The molecule has 3 rings (SSSR count). The SMILES string of the molecule is CCNC(Cc1ccc2ccccc2c1)c1csc(C)c1. The summed E-state index contributed by atoms with van der Waals surface area (Å²) in [5.41, 5.74) is 2.80. The maximum atomic E-state index is 3.62. The van der Waals surface area contributed by atoms with Crippen molar-refractivity contribution in [3.05, 3.63) is 69.9 Å². The normalized spacial score (nSPS) is 12.7. The van der Waals surface area contributed by atoms with Crippen LogP contribution in [0.15, 0.2) is 53.9 Å². The van der Waals surface area contributed by atoms with Crippen LogP contribution in [0.1, 0.15) is 29.0 Å². The second kappa shape index (κ2) is 6.42. The molecule has 1 unspecified atom stereocenters. The van der Waals surface area contributed by atoms with Crippen molar-refractivity contribution in [1.82, 2.24) is 5.32 Å². The van der Waals surface area contributed by atoms with Crippen molar-refractivity contribution in [2.45, 2.75) is 26.3 Å². The number of hydrogen-bond acceptors (Lipinski definition) is 2. The summed E-state index contributed by atoms with van der Waals surface area (Å²) >= 11 is 1.83. The van der Waals surface area contributed by atoms with Gasteiger partial charge in [0, 0.05) is 10.9 Å². The third-order valence-electron chi connectivity index (χ3n) is 3.86. The van der Waals surface area contributed by atoms with Crippen molar-refractivity contribution in [3.63, 3.8) is 0 Å². The molecule has 1 nitrogen and oxygen atoms in total. The molecule has 0 radical (unpaired) electrons. The maximum absolute atomic E-state index is 3.62. The predicted molar refractivity (Wildman–Crippen MR) is 93.1 cm³/mol. The van der Waals surface area contributed by atoms with Gasteiger partial charge >= 0.3 is 0 Å². The van der Waals surface area contributed by atoms with Gasteiger partial charge in [-0.3, -0.25) is 0 Å². The van der Waals surface area contributed by atoms with Crippen molar-refractivity contribution in [3.8, 4) is 0 Å². The van der Waals surface area contributed by atoms with Crippen LogP contribution in [0.2, 0.25) is 0 Å². The Morgan fingerprint density at radius 3 is 2.57 bits per heavy atom. The fourth-order valence-electron chi connectivity index (χ4n) is 2.80. The Bertz CT molecular complexity index is 729. The zero-order chi connectivity index (χ0) is 14.7. The second-order valence-corrected chi connectivity index (χ2v) is 6.60. The van der Waals surface area contributed by atoms with E-state index in [1.807, 2.05) is 11.3 Å². The quantitative estimate of drug-likeness (QED) is 0.690. The molecule has 0 spiro atoms. The summed E-state index contributed by atoms with van der Waals surface area (Å²) in [4.78, 5) is 1.38. The van der Waals surface area contributed by atoms with Crippen LogP contribution in [0.4, 0.5) is 0 Å². The number of hydrogen-bond donors (Lipinski definition) is 1. The zero-order valence-corrected chi connectivity index (χ0v) is 13.4. The summed E-state index contributed by atoms with van der Waals surface area (Å²) in [6.45, 7) is 5.34. The molecule has 0 saturated carbocycles. The molecule has 2 heteroatoms. The standard InChI is InChI=1S/C19H21NS/c1-3-20-19(18-10-14(2)21-13-18)12-15-8-9-16-6-4-5-7-17(16)11-15/h4-11,13,19-20H,3,12H2,1-2H3. The molecule has 0 bridgehead atoms. The van der Waals surface area contributed by atoms with Crippen molar-refractivity contribution in [2.24, 2.45) is 0 Å². The van der Waals surface area contributed by atoms with Crippen LogP contribution < -0.4 is 5.32 Å². The van der Waals surface area contributed by atoms with Gasteiger partial charge in [0.15, 0.2) is 0 Å². The van der Waals surface area contributed by atoms with E-state index < -0.39 is 0 Å². The van der Waals surface area contributed by atoms with Crippen LogP contribution in [0, 0.1) is 6.92 Å². The lowest BCUT2D eigenvalue weighted by molar-refractivity contribution is 0.551. The van der Waals surface area contributed by atoms with E-state index in [0.29, 0.717) is 6.04 Å². The molecule has 0 amide bonds. The maximum Gasteiger partial charge on any atom is 0.0369 e. The molecule has 1 heterocycles. The van der Waals surface area contributed by atoms with Crippen LogP contribution >= 0.6 is 11.3 Å². The Hall–Kier alpha value is -1.64. The van der Waals surface area contributed by atoms with Crippen LogP contribution in [0.5, 0.6) is 0 Å². The monoisotopic (exact) mass is 295 g/mol. The topological polar surface area (TPSA) is 12.0 Å². The molecule has 2 aromatic carbocycles. The molecule has 1 N–H and O–H groups in total. The highest BCUT2D eigenvalue weighted by atomic mass is 32.1. The number of rotatable bonds is 5. The van der Waals surface area contributed by atoms with E-state index in [2.05, 4.69) is 73.1 Å². The predicted octanol–water partition coefficient (Wildman–Crippen LogP) is 5.10. The van der Waals surface area contributed by atoms with Gasteiger partial charge in [-0.1, -0.05) is 49.4 Å². The summed E-state index contributed by atoms with van der Waals surface area (Å²) in [5.74, 6) is 0. The van der Waals surface area contributed by atoms with Crippen LogP contribution in [-0.2, 0) is 6.42 Å². The van der Waals surface area contributed by atoms with Crippen LogP contribution in [0.3, 0.4) is 0 Å². The Morgan fingerprint density at radius 2 is 1.86 bits per heavy atom. The minimum absolute atomic E-state index is 0.404. The lowest BCUT2D eigenvalue weighted by Crippen LogP contribution is -2.22. The Morgan fingerprint density at radius 1 is 1.05 bits per heavy atom. The highest BCUT2D eigenvalue weighted by Gasteiger charge is 2.12. The van der Waals surface area contributed by atoms with Crippen molar-refractivity contribution in [1.29, 1.82) is 0 Å². The number of likely N-dealkylation sites (N-methyl/N-ethyl adjacent to an activating group) is 1. The highest BCUT2D eigenvalue weighted by Crippen LogP contribution is 2.25. The first-order chi connectivity index (χ1) is 10.3. The van der Waals surface area contributed by atoms with Crippen molar-refractivity contribution >= 4 is 22.1 Å². The first-order valence-corrected chi connectivity index (χ1v) is 8.40. The first-order valence-electron chi connectivity index (χ1n) is 7.52. The summed E-state index contributed by atoms with van der Waals surface area (Å²) < 4.78 is 0. The van der Waals surface area contributed by atoms with Crippen molar-refractivity contribution < 1.29 is 0 Å². The molecule has 0 fully saturated rings. The number of thiophene rings is 1. The Balaban J connectivity index is 1.86. The van der Waals surface area contributed by atoms with Gasteiger partial charge in [-0.05, 0) is 53.2 Å². The average molecular weight is 295 g/mol. The molecule has 1 atom stereocenters. The minimum Gasteiger partial charge on any atom is -0.310 e. The third kappa shape index (κ3) is 3.34. The summed E-state index contributed by atoms with van der Waals surface area (Å²) in [6, 6.07) is 18.1. The molecule has 3 aromatic rings. The summed E-state index contributed by atoms with van der Waals surface area (Å²) in [7, 11) is 0. The van der Waals surface area contributed by atoms with Gasteiger partial charge in [0.05, 0.1) is 0 Å². The van der Waals surface area contributed by atoms with E-state index >= 15 is 0 Å². The lowest BCUT2D eigenvalue weighted by Gasteiger charge is -2.17. The van der Waals surface area contributed by atoms with Gasteiger partial charge in [-0.25, -0.2) is 0 Å². The van der Waals surface area contributed by atoms with Crippen LogP contribution in [0.25, 0.3) is 10.8 Å². The van der Waals surface area contributed by atoms with Gasteiger partial charge in [-0.15, -0.1) is 11.3 Å². The second-order valence-electron chi connectivity index (χ2n) is 5.49. The third-order valence-corrected chi connectivity index (χ3v) is 4.74. The van der Waals surface area contributed by atoms with Gasteiger partial charge in [0.1, 0.15) is 0 Å². The van der Waals surface area contributed by atoms with Crippen molar-refractivity contribution in [2.75, 3.05) is 6.54 Å². The van der Waals surface area contributed by atoms with Gasteiger partial charge in [0.25, 0.3) is 0 Å². The smallest absolute Gasteiger partial charge is 0.0369 e. The van der Waals surface area contributed by atoms with Crippen LogP contribution in [-0.4, -0.2) is 6.54 Å². The van der Waals surface area contributed by atoms with Gasteiger partial charge in [-0.2, -0.15) is 0 Å². The van der Waals surface area contributed by atoms with E-state index in [0.717, 1.165) is 13.0 Å². The molecule has 108 valence electrons. The molecule has 0 saturated heterocycles. The molecule has 21 heavy (non-hydrogen) atoms. The van der Waals surface area contributed by atoms with Gasteiger partial charge < -0.3 is 5.32 Å². The Kier molecular flexibility index (Phi) is 4.37. The summed E-state index contributed by atoms with van der Waals surface area (Å²) in [6.07, 6.45) is 1.04. The summed E-state index contributed by atoms with van der Waals surface area (Å²) in [5, 5.41) is 8.54. The Labute approximate surface area is 130 Å². The average Bonchev–Trinajstić information content (AvgIpc) is 2.93. The lowest BCUT2D eigenvalue weighted by atomic mass is 9.98. The largest absolute Gasteiger partial charge is 0.310 e. The molecule has 0 aliphatic rings. The fourth-order valence-corrected chi connectivity index (χ4v) is 3.56. The molecule has 0 aliphatic heterocycles. The molecule has 1 aromatic heterocycles. The minimum atomic E-state index is 0.404. The number of aryl methyl sites for hydroxylation is 1. The van der Waals surface area contributed by atoms with E-state index in [-0.39, 0.29) is 0 Å². The molecular formula is C19H21NS. The van der Waals surface area contributed by atoms with E-state index in [1.54, 1.807) is 0 Å². The fraction of sp³-hybridized carbons (Fsp3) is 0.263. The molecular weight excluding hydrogens is 274 g/mol. The zero-order valence-electron chi connectivity index (χ0n) is 12.6. The number of nitrogens with one attached hydrogen (secondary N) is 1. The number of fused-ring (bicyclic) bond motifs is 1. The molecule has 0 aliphatic carbocycles. The van der Waals surface area contributed by atoms with Gasteiger partial charge in [0.2, 0.25) is 0 Å². The number of benzene rings is 2. The van der Waals surface area contributed by atoms with E-state index in [4.69, 9.17) is 0 Å². The highest BCUT2D eigenvalue weighted by molar-refractivity contribution is 7.10. The van der Waals surface area contributed by atoms with E-state index in [9.17, 15) is 0 Å². The first kappa shape index (κ1) is 14.3.